The summed E-state index contributed by atoms with van der Waals surface area (Å²) in [7, 11) is 0. The van der Waals surface area contributed by atoms with Crippen LogP contribution in [0.1, 0.15) is 39.8 Å². The number of carbonyl (C=O) groups is 1. The van der Waals surface area contributed by atoms with Crippen LogP contribution < -0.4 is 5.32 Å². The minimum Gasteiger partial charge on any atom is -0.361 e. The van der Waals surface area contributed by atoms with Gasteiger partial charge in [-0.2, -0.15) is 0 Å². The number of hydrogen-bond donors (Lipinski definition) is 1. The Bertz CT molecular complexity index is 679. The fourth-order valence-corrected chi connectivity index (χ4v) is 3.84. The minimum atomic E-state index is -0.144. The van der Waals surface area contributed by atoms with Gasteiger partial charge in [0, 0.05) is 15.7 Å². The predicted molar refractivity (Wildman–Crippen MR) is 83.0 cm³/mol. The van der Waals surface area contributed by atoms with E-state index in [1.165, 1.54) is 4.90 Å². The summed E-state index contributed by atoms with van der Waals surface area (Å²) in [5, 5.41) is 7.59. The van der Waals surface area contributed by atoms with Gasteiger partial charge in [0.2, 0.25) is 0 Å². The van der Waals surface area contributed by atoms with Gasteiger partial charge in [-0.1, -0.05) is 16.8 Å². The van der Waals surface area contributed by atoms with E-state index >= 15 is 0 Å². The van der Waals surface area contributed by atoms with Gasteiger partial charge in [-0.15, -0.1) is 11.8 Å². The van der Waals surface area contributed by atoms with E-state index in [1.54, 1.807) is 25.6 Å². The predicted octanol–water partition coefficient (Wildman–Crippen LogP) is 3.91. The van der Waals surface area contributed by atoms with Crippen molar-refractivity contribution in [3.8, 4) is 0 Å². The maximum absolute atomic E-state index is 12.5. The number of nitrogens with one attached hydrogen (secondary N) is 1. The van der Waals surface area contributed by atoms with Gasteiger partial charge in [-0.25, -0.2) is 0 Å². The van der Waals surface area contributed by atoms with Crippen LogP contribution in [0.3, 0.4) is 0 Å². The molecule has 1 aromatic heterocycles. The Morgan fingerprint density at radius 2 is 2.29 bits per heavy atom. The number of hydrogen-bond acceptors (Lipinski definition) is 4. The van der Waals surface area contributed by atoms with Crippen molar-refractivity contribution < 1.29 is 9.32 Å². The molecule has 0 aliphatic carbocycles. The summed E-state index contributed by atoms with van der Waals surface area (Å²) in [5.74, 6) is 1.37. The Morgan fingerprint density at radius 1 is 1.48 bits per heavy atom. The monoisotopic (exact) mass is 322 g/mol. The standard InChI is InChI=1S/C15H15ClN2O2S/c1-8-14(9(2)20-18-8)15(19)17-12-5-6-21-13-4-3-10(16)7-11(12)13/h3-4,7,12H,5-6H2,1-2H3,(H,17,19)/t12-/m0/s1. The highest BCUT2D eigenvalue weighted by molar-refractivity contribution is 7.99. The molecular weight excluding hydrogens is 308 g/mol. The smallest absolute Gasteiger partial charge is 0.257 e. The summed E-state index contributed by atoms with van der Waals surface area (Å²) in [6, 6.07) is 5.80. The molecule has 0 spiro atoms. The zero-order valence-electron chi connectivity index (χ0n) is 11.8. The molecule has 0 saturated carbocycles. The molecular formula is C15H15ClN2O2S. The maximum atomic E-state index is 12.5. The van der Waals surface area contributed by atoms with E-state index in [-0.39, 0.29) is 11.9 Å². The molecule has 1 aliphatic heterocycles. The molecule has 1 aromatic carbocycles. The minimum absolute atomic E-state index is 0.0267. The molecule has 1 aliphatic rings. The van der Waals surface area contributed by atoms with Gasteiger partial charge in [0.05, 0.1) is 11.7 Å². The van der Waals surface area contributed by atoms with E-state index in [1.807, 2.05) is 18.2 Å². The fourth-order valence-electron chi connectivity index (χ4n) is 2.55. The quantitative estimate of drug-likeness (QED) is 0.910. The molecule has 6 heteroatoms. The highest BCUT2D eigenvalue weighted by atomic mass is 35.5. The van der Waals surface area contributed by atoms with Gasteiger partial charge in [-0.3, -0.25) is 4.79 Å². The number of benzene rings is 1. The van der Waals surface area contributed by atoms with Gasteiger partial charge >= 0.3 is 0 Å². The van der Waals surface area contributed by atoms with Crippen LogP contribution in [0, 0.1) is 13.8 Å². The van der Waals surface area contributed by atoms with Crippen LogP contribution in [0.25, 0.3) is 0 Å². The number of halogens is 1. The molecule has 2 heterocycles. The average molecular weight is 323 g/mol. The van der Waals surface area contributed by atoms with Crippen LogP contribution in [-0.4, -0.2) is 16.8 Å². The number of aromatic nitrogens is 1. The number of nitrogens with zero attached hydrogens (tertiary/aromatic N) is 1. The lowest BCUT2D eigenvalue weighted by molar-refractivity contribution is 0.0933. The highest BCUT2D eigenvalue weighted by Gasteiger charge is 2.25. The number of carbonyl (C=O) groups excluding carboxylic acids is 1. The Hall–Kier alpha value is -1.46. The Kier molecular flexibility index (Phi) is 3.95. The Labute approximate surface area is 132 Å². The lowest BCUT2D eigenvalue weighted by Gasteiger charge is -2.26. The first-order chi connectivity index (χ1) is 10.1. The second-order valence-electron chi connectivity index (χ2n) is 5.04. The molecule has 0 fully saturated rings. The Morgan fingerprint density at radius 3 is 3.00 bits per heavy atom. The van der Waals surface area contributed by atoms with Crippen molar-refractivity contribution in [2.45, 2.75) is 31.2 Å². The van der Waals surface area contributed by atoms with Gasteiger partial charge in [0.25, 0.3) is 5.91 Å². The lowest BCUT2D eigenvalue weighted by Crippen LogP contribution is -2.31. The van der Waals surface area contributed by atoms with E-state index in [9.17, 15) is 4.79 Å². The van der Waals surface area contributed by atoms with E-state index in [4.69, 9.17) is 16.1 Å². The second kappa shape index (κ2) is 5.73. The zero-order chi connectivity index (χ0) is 15.0. The van der Waals surface area contributed by atoms with Gasteiger partial charge in [-0.05, 0) is 44.0 Å². The molecule has 0 bridgehead atoms. The Balaban J connectivity index is 1.87. The van der Waals surface area contributed by atoms with Crippen molar-refractivity contribution in [3.63, 3.8) is 0 Å². The van der Waals surface area contributed by atoms with Crippen LogP contribution in [0.4, 0.5) is 0 Å². The summed E-state index contributed by atoms with van der Waals surface area (Å²) < 4.78 is 5.06. The molecule has 0 radical (unpaired) electrons. The van der Waals surface area contributed by atoms with Crippen LogP contribution in [-0.2, 0) is 0 Å². The number of amides is 1. The lowest BCUT2D eigenvalue weighted by atomic mass is 10.0. The first-order valence-electron chi connectivity index (χ1n) is 6.72. The summed E-state index contributed by atoms with van der Waals surface area (Å²) in [4.78, 5) is 13.6. The van der Waals surface area contributed by atoms with E-state index in [0.29, 0.717) is 22.0 Å². The third-order valence-corrected chi connectivity index (χ3v) is 4.93. The maximum Gasteiger partial charge on any atom is 0.257 e. The van der Waals surface area contributed by atoms with Crippen molar-refractivity contribution in [1.29, 1.82) is 0 Å². The zero-order valence-corrected chi connectivity index (χ0v) is 13.3. The summed E-state index contributed by atoms with van der Waals surface area (Å²) in [6.07, 6.45) is 0.882. The highest BCUT2D eigenvalue weighted by Crippen LogP contribution is 2.37. The topological polar surface area (TPSA) is 55.1 Å². The normalized spacial score (nSPS) is 17.4. The molecule has 1 N–H and O–H groups in total. The second-order valence-corrected chi connectivity index (χ2v) is 6.62. The number of thioether (sulfide) groups is 1. The molecule has 1 atom stereocenters. The SMILES string of the molecule is Cc1noc(C)c1C(=O)N[C@H]1CCSc2ccc(Cl)cc21. The van der Waals surface area contributed by atoms with Crippen LogP contribution in [0.15, 0.2) is 27.6 Å². The van der Waals surface area contributed by atoms with Crippen LogP contribution >= 0.6 is 23.4 Å². The number of rotatable bonds is 2. The molecule has 110 valence electrons. The molecule has 0 unspecified atom stereocenters. The molecule has 0 saturated heterocycles. The van der Waals surface area contributed by atoms with Crippen molar-refractivity contribution in [3.05, 3.63) is 45.8 Å². The van der Waals surface area contributed by atoms with E-state index in [2.05, 4.69) is 10.5 Å². The molecule has 4 nitrogen and oxygen atoms in total. The molecule has 2 aromatic rings. The van der Waals surface area contributed by atoms with Crippen molar-refractivity contribution in [2.75, 3.05) is 5.75 Å². The number of fused-ring (bicyclic) bond motifs is 1. The van der Waals surface area contributed by atoms with E-state index in [0.717, 1.165) is 17.7 Å². The van der Waals surface area contributed by atoms with Crippen molar-refractivity contribution in [2.24, 2.45) is 0 Å². The van der Waals surface area contributed by atoms with E-state index < -0.39 is 0 Å². The molecule has 21 heavy (non-hydrogen) atoms. The van der Waals surface area contributed by atoms with Crippen LogP contribution in [0.2, 0.25) is 5.02 Å². The van der Waals surface area contributed by atoms with Crippen molar-refractivity contribution in [1.82, 2.24) is 10.5 Å². The first kappa shape index (κ1) is 14.5. The molecule has 1 amide bonds. The van der Waals surface area contributed by atoms with Gasteiger partial charge in [0.15, 0.2) is 0 Å². The summed E-state index contributed by atoms with van der Waals surface area (Å²) >= 11 is 7.87. The third kappa shape index (κ3) is 2.80. The number of aryl methyl sites for hydroxylation is 2. The first-order valence-corrected chi connectivity index (χ1v) is 8.08. The average Bonchev–Trinajstić information content (AvgIpc) is 2.79. The van der Waals surface area contributed by atoms with Gasteiger partial charge < -0.3 is 9.84 Å². The van der Waals surface area contributed by atoms with Crippen molar-refractivity contribution >= 4 is 29.3 Å². The summed E-state index contributed by atoms with van der Waals surface area (Å²) in [6.45, 7) is 3.52. The largest absolute Gasteiger partial charge is 0.361 e. The van der Waals surface area contributed by atoms with Gasteiger partial charge in [0.1, 0.15) is 11.3 Å². The van der Waals surface area contributed by atoms with Crippen LogP contribution in [0.5, 0.6) is 0 Å². The fraction of sp³-hybridized carbons (Fsp3) is 0.333. The molecule has 3 rings (SSSR count). The summed E-state index contributed by atoms with van der Waals surface area (Å²) in [5.41, 5.74) is 2.22. The third-order valence-electron chi connectivity index (χ3n) is 3.58.